The monoisotopic (exact) mass is 297 g/mol. The summed E-state index contributed by atoms with van der Waals surface area (Å²) in [5.74, 6) is -4.10. The number of rotatable bonds is 3. The molecule has 0 aromatic heterocycles. The summed E-state index contributed by atoms with van der Waals surface area (Å²) in [6.45, 7) is 1.57. The van der Waals surface area contributed by atoms with Gasteiger partial charge in [-0.15, -0.1) is 0 Å². The molecular weight excluding hydrogens is 280 g/mol. The van der Waals surface area contributed by atoms with Crippen LogP contribution in [0.2, 0.25) is 0 Å². The van der Waals surface area contributed by atoms with Crippen molar-refractivity contribution < 1.29 is 23.5 Å². The van der Waals surface area contributed by atoms with E-state index in [9.17, 15) is 23.5 Å². The largest absolute Gasteiger partial charge is 0.481 e. The normalized spacial score (nSPS) is 25.4. The number of benzene rings is 1. The molecule has 2 atom stereocenters. The Hall–Kier alpha value is -1.98. The van der Waals surface area contributed by atoms with Crippen LogP contribution >= 0.6 is 0 Å². The molecule has 0 heterocycles. The van der Waals surface area contributed by atoms with E-state index in [-0.39, 0.29) is 0 Å². The van der Waals surface area contributed by atoms with E-state index in [1.54, 1.807) is 6.92 Å². The predicted octanol–water partition coefficient (Wildman–Crippen LogP) is 2.73. The van der Waals surface area contributed by atoms with Gasteiger partial charge in [0, 0.05) is 6.04 Å². The molecule has 0 aliphatic heterocycles. The molecule has 0 saturated heterocycles. The fraction of sp³-hybridized carbons (Fsp3) is 0.467. The maximum atomic E-state index is 13.6. The molecule has 1 aliphatic rings. The molecule has 0 bridgehead atoms. The molecule has 0 spiro atoms. The number of carboxylic acids is 1. The fourth-order valence-corrected chi connectivity index (χ4v) is 2.74. The molecule has 1 fully saturated rings. The van der Waals surface area contributed by atoms with Crippen molar-refractivity contribution in [1.82, 2.24) is 5.32 Å². The van der Waals surface area contributed by atoms with E-state index >= 15 is 0 Å². The number of nitrogens with one attached hydrogen (secondary N) is 1. The van der Waals surface area contributed by atoms with Gasteiger partial charge in [-0.25, -0.2) is 8.78 Å². The smallest absolute Gasteiger partial charge is 0.311 e. The van der Waals surface area contributed by atoms with E-state index in [4.69, 9.17) is 0 Å². The van der Waals surface area contributed by atoms with Crippen molar-refractivity contribution in [3.8, 4) is 0 Å². The van der Waals surface area contributed by atoms with Crippen LogP contribution in [0.3, 0.4) is 0 Å². The lowest BCUT2D eigenvalue weighted by molar-refractivity contribution is -0.151. The third kappa shape index (κ3) is 2.89. The van der Waals surface area contributed by atoms with Crippen molar-refractivity contribution in [2.45, 2.75) is 38.6 Å². The minimum Gasteiger partial charge on any atom is -0.481 e. The topological polar surface area (TPSA) is 66.4 Å². The zero-order chi connectivity index (χ0) is 15.6. The Labute approximate surface area is 121 Å². The molecule has 1 amide bonds. The molecule has 2 rings (SSSR count). The average Bonchev–Trinajstić information content (AvgIpc) is 2.44. The summed E-state index contributed by atoms with van der Waals surface area (Å²) in [4.78, 5) is 23.5. The van der Waals surface area contributed by atoms with Gasteiger partial charge in [0.15, 0.2) is 11.6 Å². The highest BCUT2D eigenvalue weighted by Gasteiger charge is 2.44. The van der Waals surface area contributed by atoms with Crippen LogP contribution in [0.5, 0.6) is 0 Å². The number of carboxylic acid groups (broad SMARTS) is 1. The zero-order valence-corrected chi connectivity index (χ0v) is 11.7. The quantitative estimate of drug-likeness (QED) is 0.901. The summed E-state index contributed by atoms with van der Waals surface area (Å²) in [5, 5.41) is 11.9. The van der Waals surface area contributed by atoms with Crippen LogP contribution < -0.4 is 5.32 Å². The summed E-state index contributed by atoms with van der Waals surface area (Å²) in [5.41, 5.74) is -1.49. The fourth-order valence-electron chi connectivity index (χ4n) is 2.74. The summed E-state index contributed by atoms with van der Waals surface area (Å²) in [6.07, 6.45) is 2.51. The zero-order valence-electron chi connectivity index (χ0n) is 11.7. The van der Waals surface area contributed by atoms with Crippen LogP contribution in [0.1, 0.15) is 43.0 Å². The number of hydrogen-bond acceptors (Lipinski definition) is 2. The standard InChI is InChI=1S/C15H17F2NO3/c1-15(14(20)21)8-3-2-7-11(15)18-13(19)9-5-4-6-10(16)12(9)17/h4-6,11H,2-3,7-8H2,1H3,(H,18,19)(H,20,21). The number of hydrogen-bond donors (Lipinski definition) is 2. The van der Waals surface area contributed by atoms with Crippen LogP contribution in [0, 0.1) is 17.0 Å². The highest BCUT2D eigenvalue weighted by Crippen LogP contribution is 2.36. The minimum atomic E-state index is -1.22. The predicted molar refractivity (Wildman–Crippen MR) is 71.8 cm³/mol. The second-order valence-electron chi connectivity index (χ2n) is 5.60. The first kappa shape index (κ1) is 15.4. The summed E-state index contributed by atoms with van der Waals surface area (Å²) in [6, 6.07) is 2.74. The van der Waals surface area contributed by atoms with E-state index < -0.39 is 40.5 Å². The first-order valence-corrected chi connectivity index (χ1v) is 6.84. The van der Waals surface area contributed by atoms with E-state index in [0.717, 1.165) is 18.9 Å². The van der Waals surface area contributed by atoms with Crippen LogP contribution in [0.4, 0.5) is 8.78 Å². The van der Waals surface area contributed by atoms with Crippen LogP contribution in [-0.2, 0) is 4.79 Å². The SMILES string of the molecule is CC1(C(=O)O)CCCCC1NC(=O)c1cccc(F)c1F. The number of carbonyl (C=O) groups excluding carboxylic acids is 1. The summed E-state index contributed by atoms with van der Waals surface area (Å²) < 4.78 is 26.8. The Morgan fingerprint density at radius 1 is 1.33 bits per heavy atom. The Kier molecular flexibility index (Phi) is 4.25. The van der Waals surface area contributed by atoms with Gasteiger partial charge in [0.2, 0.25) is 0 Å². The molecule has 2 N–H and O–H groups in total. The Morgan fingerprint density at radius 2 is 2.05 bits per heavy atom. The molecule has 1 saturated carbocycles. The van der Waals surface area contributed by atoms with Gasteiger partial charge in [0.05, 0.1) is 11.0 Å². The van der Waals surface area contributed by atoms with Crippen LogP contribution in [-0.4, -0.2) is 23.0 Å². The first-order chi connectivity index (χ1) is 9.86. The van der Waals surface area contributed by atoms with Crippen molar-refractivity contribution in [2.24, 2.45) is 5.41 Å². The van der Waals surface area contributed by atoms with Gasteiger partial charge in [-0.05, 0) is 31.9 Å². The van der Waals surface area contributed by atoms with Gasteiger partial charge in [0.25, 0.3) is 5.91 Å². The molecule has 6 heteroatoms. The van der Waals surface area contributed by atoms with Crippen molar-refractivity contribution in [2.75, 3.05) is 0 Å². The van der Waals surface area contributed by atoms with Gasteiger partial charge in [0.1, 0.15) is 0 Å². The van der Waals surface area contributed by atoms with E-state index in [1.807, 2.05) is 0 Å². The second-order valence-corrected chi connectivity index (χ2v) is 5.60. The van der Waals surface area contributed by atoms with E-state index in [1.165, 1.54) is 12.1 Å². The second kappa shape index (κ2) is 5.79. The summed E-state index contributed by atoms with van der Waals surface area (Å²) >= 11 is 0. The number of halogens is 2. The average molecular weight is 297 g/mol. The lowest BCUT2D eigenvalue weighted by Gasteiger charge is -2.38. The summed E-state index contributed by atoms with van der Waals surface area (Å²) in [7, 11) is 0. The molecular formula is C15H17F2NO3. The van der Waals surface area contributed by atoms with Crippen molar-refractivity contribution in [1.29, 1.82) is 0 Å². The number of carbonyl (C=O) groups is 2. The van der Waals surface area contributed by atoms with Gasteiger partial charge in [-0.1, -0.05) is 18.9 Å². The highest BCUT2D eigenvalue weighted by atomic mass is 19.2. The maximum absolute atomic E-state index is 13.6. The Morgan fingerprint density at radius 3 is 2.71 bits per heavy atom. The number of aliphatic carboxylic acids is 1. The van der Waals surface area contributed by atoms with E-state index in [0.29, 0.717) is 12.8 Å². The van der Waals surface area contributed by atoms with Gasteiger partial charge in [-0.2, -0.15) is 0 Å². The van der Waals surface area contributed by atoms with Crippen molar-refractivity contribution >= 4 is 11.9 Å². The van der Waals surface area contributed by atoms with Crippen LogP contribution in [0.15, 0.2) is 18.2 Å². The molecule has 21 heavy (non-hydrogen) atoms. The molecule has 1 aliphatic carbocycles. The molecule has 0 radical (unpaired) electrons. The lowest BCUT2D eigenvalue weighted by atomic mass is 9.71. The van der Waals surface area contributed by atoms with Gasteiger partial charge in [-0.3, -0.25) is 9.59 Å². The Bertz CT molecular complexity index is 576. The van der Waals surface area contributed by atoms with Gasteiger partial charge >= 0.3 is 5.97 Å². The number of amides is 1. The van der Waals surface area contributed by atoms with E-state index in [2.05, 4.69) is 5.32 Å². The maximum Gasteiger partial charge on any atom is 0.311 e. The molecule has 4 nitrogen and oxygen atoms in total. The Balaban J connectivity index is 2.21. The minimum absolute atomic E-state index is 0.409. The molecule has 1 aromatic rings. The molecule has 2 unspecified atom stereocenters. The van der Waals surface area contributed by atoms with Crippen molar-refractivity contribution in [3.63, 3.8) is 0 Å². The third-order valence-electron chi connectivity index (χ3n) is 4.20. The lowest BCUT2D eigenvalue weighted by Crippen LogP contribution is -2.52. The third-order valence-corrected chi connectivity index (χ3v) is 4.20. The molecule has 1 aromatic carbocycles. The van der Waals surface area contributed by atoms with Crippen LogP contribution in [0.25, 0.3) is 0 Å². The van der Waals surface area contributed by atoms with Crippen molar-refractivity contribution in [3.05, 3.63) is 35.4 Å². The first-order valence-electron chi connectivity index (χ1n) is 6.84. The molecule has 114 valence electrons. The van der Waals surface area contributed by atoms with Gasteiger partial charge < -0.3 is 10.4 Å². The highest BCUT2D eigenvalue weighted by molar-refractivity contribution is 5.95.